The number of imidazole rings is 1. The second-order valence-electron chi connectivity index (χ2n) is 5.89. The van der Waals surface area contributed by atoms with E-state index < -0.39 is 6.29 Å². The Balaban J connectivity index is 1.72. The number of aromatic nitrogens is 2. The second kappa shape index (κ2) is 6.92. The number of ether oxygens (including phenoxy) is 2. The first kappa shape index (κ1) is 16.8. The third-order valence-corrected chi connectivity index (χ3v) is 4.97. The van der Waals surface area contributed by atoms with Gasteiger partial charge in [0.05, 0.1) is 6.54 Å². The zero-order valence-corrected chi connectivity index (χ0v) is 15.9. The van der Waals surface area contributed by atoms with Crippen LogP contribution in [0.25, 0.3) is 11.4 Å². The Hall–Kier alpha value is -1.66. The van der Waals surface area contributed by atoms with E-state index in [2.05, 4.69) is 20.5 Å². The van der Waals surface area contributed by atoms with Crippen molar-refractivity contribution in [2.24, 2.45) is 0 Å². The van der Waals surface area contributed by atoms with Crippen LogP contribution in [-0.2, 0) is 16.0 Å². The Labute approximate surface area is 159 Å². The highest BCUT2D eigenvalue weighted by atomic mass is 79.9. The Bertz CT molecular complexity index is 889. The van der Waals surface area contributed by atoms with Gasteiger partial charge in [0.25, 0.3) is 0 Å². The van der Waals surface area contributed by atoms with Crippen LogP contribution < -0.4 is 0 Å². The maximum atomic E-state index is 6.33. The highest BCUT2D eigenvalue weighted by Gasteiger charge is 2.31. The molecule has 0 unspecified atom stereocenters. The summed E-state index contributed by atoms with van der Waals surface area (Å²) in [6.45, 7) is 2.49. The number of hydrogen-bond donors (Lipinski definition) is 0. The van der Waals surface area contributed by atoms with Crippen LogP contribution in [0.2, 0.25) is 5.02 Å². The minimum absolute atomic E-state index is 0.185. The maximum absolute atomic E-state index is 6.33. The average molecular weight is 420 g/mol. The Morgan fingerprint density at radius 1 is 1.12 bits per heavy atom. The summed E-state index contributed by atoms with van der Waals surface area (Å²) in [5, 5.41) is 0.740. The standard InChI is InChI=1S/C19H16BrClN2O2/c1-12-24-19(25-12)17-11-23(10-14-4-2-3-5-16(14)21)18(22-17)13-6-8-15(20)9-7-13/h2-9,11-12,19H,10H2,1H3. The van der Waals surface area contributed by atoms with Crippen molar-refractivity contribution in [1.82, 2.24) is 9.55 Å². The lowest BCUT2D eigenvalue weighted by Crippen LogP contribution is -2.31. The zero-order valence-electron chi connectivity index (χ0n) is 13.5. The number of rotatable bonds is 4. The molecule has 2 heterocycles. The zero-order chi connectivity index (χ0) is 17.4. The van der Waals surface area contributed by atoms with Gasteiger partial charge in [-0.2, -0.15) is 0 Å². The van der Waals surface area contributed by atoms with Crippen molar-refractivity contribution in [3.63, 3.8) is 0 Å². The van der Waals surface area contributed by atoms with E-state index in [1.165, 1.54) is 0 Å². The predicted octanol–water partition coefficient (Wildman–Crippen LogP) is 5.41. The first-order valence-corrected chi connectivity index (χ1v) is 9.14. The molecule has 3 aromatic rings. The monoisotopic (exact) mass is 418 g/mol. The van der Waals surface area contributed by atoms with Crippen molar-refractivity contribution in [3.05, 3.63) is 75.5 Å². The topological polar surface area (TPSA) is 36.3 Å². The van der Waals surface area contributed by atoms with Crippen LogP contribution in [0, 0.1) is 0 Å². The van der Waals surface area contributed by atoms with E-state index in [-0.39, 0.29) is 6.29 Å². The third-order valence-electron chi connectivity index (χ3n) is 4.07. The lowest BCUT2D eigenvalue weighted by Gasteiger charge is -2.32. The maximum Gasteiger partial charge on any atom is 0.208 e. The van der Waals surface area contributed by atoms with Gasteiger partial charge in [-0.15, -0.1) is 0 Å². The van der Waals surface area contributed by atoms with Gasteiger partial charge >= 0.3 is 0 Å². The Kier molecular flexibility index (Phi) is 4.65. The Morgan fingerprint density at radius 3 is 2.52 bits per heavy atom. The van der Waals surface area contributed by atoms with Crippen LogP contribution in [0.4, 0.5) is 0 Å². The van der Waals surface area contributed by atoms with Crippen molar-refractivity contribution < 1.29 is 9.47 Å². The molecule has 1 aliphatic heterocycles. The molecule has 4 nitrogen and oxygen atoms in total. The summed E-state index contributed by atoms with van der Waals surface area (Å²) in [7, 11) is 0. The molecule has 0 radical (unpaired) electrons. The molecule has 0 spiro atoms. The fraction of sp³-hybridized carbons (Fsp3) is 0.211. The smallest absolute Gasteiger partial charge is 0.208 e. The summed E-state index contributed by atoms with van der Waals surface area (Å²) in [5.41, 5.74) is 2.83. The van der Waals surface area contributed by atoms with Crippen molar-refractivity contribution in [3.8, 4) is 11.4 Å². The molecular formula is C19H16BrClN2O2. The molecular weight excluding hydrogens is 404 g/mol. The molecule has 4 rings (SSSR count). The van der Waals surface area contributed by atoms with Gasteiger partial charge in [-0.25, -0.2) is 4.98 Å². The van der Waals surface area contributed by atoms with E-state index in [0.29, 0.717) is 6.54 Å². The second-order valence-corrected chi connectivity index (χ2v) is 7.21. The van der Waals surface area contributed by atoms with E-state index in [4.69, 9.17) is 26.1 Å². The summed E-state index contributed by atoms with van der Waals surface area (Å²) in [6, 6.07) is 15.9. The van der Waals surface area contributed by atoms with Gasteiger partial charge in [-0.3, -0.25) is 0 Å². The largest absolute Gasteiger partial charge is 0.326 e. The summed E-state index contributed by atoms with van der Waals surface area (Å²) < 4.78 is 14.3. The summed E-state index contributed by atoms with van der Waals surface area (Å²) in [4.78, 5) is 4.75. The quantitative estimate of drug-likeness (QED) is 0.567. The van der Waals surface area contributed by atoms with E-state index >= 15 is 0 Å². The first-order valence-electron chi connectivity index (χ1n) is 7.97. The normalized spacial score (nSPS) is 19.6. The fourth-order valence-electron chi connectivity index (χ4n) is 2.81. The third kappa shape index (κ3) is 3.51. The number of hydrogen-bond acceptors (Lipinski definition) is 3. The molecule has 128 valence electrons. The lowest BCUT2D eigenvalue weighted by atomic mass is 10.2. The van der Waals surface area contributed by atoms with E-state index in [1.807, 2.05) is 61.7 Å². The van der Waals surface area contributed by atoms with E-state index in [9.17, 15) is 0 Å². The molecule has 0 amide bonds. The lowest BCUT2D eigenvalue weighted by molar-refractivity contribution is -0.383. The van der Waals surface area contributed by atoms with Crippen LogP contribution in [-0.4, -0.2) is 15.8 Å². The molecule has 0 N–H and O–H groups in total. The number of halogens is 2. The molecule has 6 heteroatoms. The number of nitrogens with zero attached hydrogens (tertiary/aromatic N) is 2. The minimum atomic E-state index is -0.406. The number of benzene rings is 2. The highest BCUT2D eigenvalue weighted by molar-refractivity contribution is 9.10. The Morgan fingerprint density at radius 2 is 1.84 bits per heavy atom. The van der Waals surface area contributed by atoms with Gasteiger partial charge in [-0.05, 0) is 30.7 Å². The van der Waals surface area contributed by atoms with Crippen LogP contribution in [0.3, 0.4) is 0 Å². The highest BCUT2D eigenvalue weighted by Crippen LogP contribution is 2.33. The predicted molar refractivity (Wildman–Crippen MR) is 100 cm³/mol. The summed E-state index contributed by atoms with van der Waals surface area (Å²) in [5.74, 6) is 0.856. The van der Waals surface area contributed by atoms with Gasteiger partial charge in [-0.1, -0.05) is 57.9 Å². The van der Waals surface area contributed by atoms with Gasteiger partial charge < -0.3 is 14.0 Å². The molecule has 0 bridgehead atoms. The van der Waals surface area contributed by atoms with Crippen molar-refractivity contribution in [2.75, 3.05) is 0 Å². The molecule has 1 saturated heterocycles. The molecule has 2 aromatic carbocycles. The molecule has 1 fully saturated rings. The summed E-state index contributed by atoms with van der Waals surface area (Å²) in [6.07, 6.45) is 1.38. The van der Waals surface area contributed by atoms with Gasteiger partial charge in [0.1, 0.15) is 11.5 Å². The van der Waals surface area contributed by atoms with Crippen LogP contribution >= 0.6 is 27.5 Å². The molecule has 1 aromatic heterocycles. The SMILES string of the molecule is CC1OC(c2cn(Cc3ccccc3Cl)c(-c3ccc(Br)cc3)n2)O1. The van der Waals surface area contributed by atoms with Gasteiger partial charge in [0, 0.05) is 21.3 Å². The van der Waals surface area contributed by atoms with E-state index in [1.54, 1.807) is 0 Å². The molecule has 0 aliphatic carbocycles. The van der Waals surface area contributed by atoms with Crippen molar-refractivity contribution in [1.29, 1.82) is 0 Å². The van der Waals surface area contributed by atoms with Crippen molar-refractivity contribution in [2.45, 2.75) is 26.0 Å². The van der Waals surface area contributed by atoms with Crippen LogP contribution in [0.15, 0.2) is 59.2 Å². The van der Waals surface area contributed by atoms with Crippen molar-refractivity contribution >= 4 is 27.5 Å². The molecule has 1 aliphatic rings. The van der Waals surface area contributed by atoms with Gasteiger partial charge in [0.2, 0.25) is 6.29 Å². The average Bonchev–Trinajstić information content (AvgIpc) is 2.98. The summed E-state index contributed by atoms with van der Waals surface area (Å²) >= 11 is 9.80. The van der Waals surface area contributed by atoms with Gasteiger partial charge in [0.15, 0.2) is 6.29 Å². The van der Waals surface area contributed by atoms with E-state index in [0.717, 1.165) is 32.1 Å². The molecule has 0 atom stereocenters. The van der Waals surface area contributed by atoms with Crippen LogP contribution in [0.1, 0.15) is 24.5 Å². The molecule has 0 saturated carbocycles. The minimum Gasteiger partial charge on any atom is -0.326 e. The first-order chi connectivity index (χ1) is 12.1. The molecule has 25 heavy (non-hydrogen) atoms. The van der Waals surface area contributed by atoms with Crippen LogP contribution in [0.5, 0.6) is 0 Å². The fourth-order valence-corrected chi connectivity index (χ4v) is 3.27.